The molecule has 0 spiro atoms. The summed E-state index contributed by atoms with van der Waals surface area (Å²) in [7, 11) is 0. The fraction of sp³-hybridized carbons (Fsp3) is 0.667. The average Bonchev–Trinajstić information content (AvgIpc) is 2.20. The summed E-state index contributed by atoms with van der Waals surface area (Å²) >= 11 is 0. The van der Waals surface area contributed by atoms with Crippen molar-refractivity contribution >= 4 is 11.6 Å². The molecule has 0 atom stereocenters. The maximum atomic E-state index is 5.53. The van der Waals surface area contributed by atoms with Gasteiger partial charge in [-0.3, -0.25) is 0 Å². The highest BCUT2D eigenvalue weighted by molar-refractivity contribution is 5.35. The first-order valence-corrected chi connectivity index (χ1v) is 5.82. The van der Waals surface area contributed by atoms with Gasteiger partial charge < -0.3 is 11.1 Å². The van der Waals surface area contributed by atoms with Crippen LogP contribution in [-0.2, 0) is 0 Å². The second-order valence-electron chi connectivity index (χ2n) is 4.87. The Hall–Kier alpha value is -1.32. The molecule has 0 aliphatic carbocycles. The van der Waals surface area contributed by atoms with Crippen LogP contribution in [0.1, 0.15) is 27.7 Å². The van der Waals surface area contributed by atoms with Crippen LogP contribution in [0.15, 0.2) is 12.4 Å². The average molecular weight is 222 g/mol. The zero-order valence-corrected chi connectivity index (χ0v) is 10.6. The topological polar surface area (TPSA) is 63.8 Å². The maximum absolute atomic E-state index is 5.53. The van der Waals surface area contributed by atoms with Crippen molar-refractivity contribution in [1.29, 1.82) is 0 Å². The molecule has 1 heterocycles. The monoisotopic (exact) mass is 222 g/mol. The number of nitrogen functional groups attached to an aromatic ring is 1. The van der Waals surface area contributed by atoms with Gasteiger partial charge in [-0.1, -0.05) is 27.7 Å². The smallest absolute Gasteiger partial charge is 0.222 e. The van der Waals surface area contributed by atoms with Gasteiger partial charge in [0.05, 0.1) is 18.1 Å². The fourth-order valence-corrected chi connectivity index (χ4v) is 1.88. The molecular weight excluding hydrogens is 200 g/mol. The SMILES string of the molecule is CC(C)C(CNc1ncc(N)cn1)C(C)C. The van der Waals surface area contributed by atoms with Crippen molar-refractivity contribution in [3.63, 3.8) is 0 Å². The van der Waals surface area contributed by atoms with E-state index in [2.05, 4.69) is 43.0 Å². The zero-order valence-electron chi connectivity index (χ0n) is 10.6. The van der Waals surface area contributed by atoms with Gasteiger partial charge in [0.15, 0.2) is 0 Å². The summed E-state index contributed by atoms with van der Waals surface area (Å²) in [6.45, 7) is 9.89. The normalized spacial score (nSPS) is 11.4. The molecular formula is C12H22N4. The molecule has 3 N–H and O–H groups in total. The third-order valence-electron chi connectivity index (χ3n) is 2.88. The van der Waals surface area contributed by atoms with E-state index >= 15 is 0 Å². The number of hydrogen-bond acceptors (Lipinski definition) is 4. The first kappa shape index (κ1) is 12.7. The minimum atomic E-state index is 0.592. The fourth-order valence-electron chi connectivity index (χ4n) is 1.88. The van der Waals surface area contributed by atoms with Crippen molar-refractivity contribution in [2.75, 3.05) is 17.6 Å². The van der Waals surface area contributed by atoms with Crippen LogP contribution in [0.5, 0.6) is 0 Å². The number of rotatable bonds is 5. The van der Waals surface area contributed by atoms with Crippen LogP contribution < -0.4 is 11.1 Å². The quantitative estimate of drug-likeness (QED) is 0.803. The molecule has 0 unspecified atom stereocenters. The molecule has 1 aromatic heterocycles. The Kier molecular flexibility index (Phi) is 4.52. The lowest BCUT2D eigenvalue weighted by atomic mass is 9.85. The summed E-state index contributed by atoms with van der Waals surface area (Å²) in [5.74, 6) is 2.59. The molecule has 16 heavy (non-hydrogen) atoms. The molecule has 0 fully saturated rings. The van der Waals surface area contributed by atoms with Gasteiger partial charge in [0.2, 0.25) is 5.95 Å². The van der Waals surface area contributed by atoms with Gasteiger partial charge in [-0.15, -0.1) is 0 Å². The lowest BCUT2D eigenvalue weighted by Crippen LogP contribution is -2.25. The first-order chi connectivity index (χ1) is 7.50. The second kappa shape index (κ2) is 5.68. The van der Waals surface area contributed by atoms with Crippen LogP contribution in [0.4, 0.5) is 11.6 Å². The van der Waals surface area contributed by atoms with E-state index in [1.54, 1.807) is 12.4 Å². The van der Waals surface area contributed by atoms with E-state index in [1.165, 1.54) is 0 Å². The number of nitrogens with one attached hydrogen (secondary N) is 1. The maximum Gasteiger partial charge on any atom is 0.222 e. The summed E-state index contributed by atoms with van der Waals surface area (Å²) in [5.41, 5.74) is 6.12. The third kappa shape index (κ3) is 3.68. The Morgan fingerprint density at radius 1 is 1.12 bits per heavy atom. The molecule has 4 nitrogen and oxygen atoms in total. The van der Waals surface area contributed by atoms with Gasteiger partial charge in [0, 0.05) is 6.54 Å². The summed E-state index contributed by atoms with van der Waals surface area (Å²) in [6.07, 6.45) is 3.24. The second-order valence-corrected chi connectivity index (χ2v) is 4.87. The minimum Gasteiger partial charge on any atom is -0.396 e. The van der Waals surface area contributed by atoms with Crippen LogP contribution in [0.2, 0.25) is 0 Å². The number of hydrogen-bond donors (Lipinski definition) is 2. The molecule has 90 valence electrons. The van der Waals surface area contributed by atoms with Gasteiger partial charge in [-0.2, -0.15) is 0 Å². The van der Waals surface area contributed by atoms with Gasteiger partial charge in [-0.25, -0.2) is 9.97 Å². The molecule has 1 aromatic rings. The van der Waals surface area contributed by atoms with E-state index in [1.807, 2.05) is 0 Å². The zero-order chi connectivity index (χ0) is 12.1. The molecule has 0 aromatic carbocycles. The highest BCUT2D eigenvalue weighted by Crippen LogP contribution is 2.20. The molecule has 0 aliphatic rings. The molecule has 0 bridgehead atoms. The lowest BCUT2D eigenvalue weighted by Gasteiger charge is -2.24. The number of anilines is 2. The molecule has 4 heteroatoms. The Morgan fingerprint density at radius 3 is 2.06 bits per heavy atom. The van der Waals surface area contributed by atoms with Crippen molar-refractivity contribution in [1.82, 2.24) is 9.97 Å². The van der Waals surface area contributed by atoms with Crippen molar-refractivity contribution in [3.05, 3.63) is 12.4 Å². The first-order valence-electron chi connectivity index (χ1n) is 5.82. The number of nitrogens with two attached hydrogens (primary N) is 1. The Balaban J connectivity index is 2.52. The summed E-state index contributed by atoms with van der Waals surface area (Å²) < 4.78 is 0. The van der Waals surface area contributed by atoms with Crippen LogP contribution in [0, 0.1) is 17.8 Å². The van der Waals surface area contributed by atoms with Crippen LogP contribution in [-0.4, -0.2) is 16.5 Å². The lowest BCUT2D eigenvalue weighted by molar-refractivity contribution is 0.304. The number of aromatic nitrogens is 2. The van der Waals surface area contributed by atoms with Crippen LogP contribution in [0.25, 0.3) is 0 Å². The molecule has 0 radical (unpaired) electrons. The van der Waals surface area contributed by atoms with E-state index in [4.69, 9.17) is 5.73 Å². The van der Waals surface area contributed by atoms with E-state index in [0.717, 1.165) is 6.54 Å². The van der Waals surface area contributed by atoms with E-state index in [0.29, 0.717) is 29.4 Å². The standard InChI is InChI=1S/C12H22N4/c1-8(2)11(9(3)4)7-16-12-14-5-10(13)6-15-12/h5-6,8-9,11H,7,13H2,1-4H3,(H,14,15,16). The molecule has 0 saturated carbocycles. The van der Waals surface area contributed by atoms with Gasteiger partial charge in [0.25, 0.3) is 0 Å². The summed E-state index contributed by atoms with van der Waals surface area (Å²) in [6, 6.07) is 0. The van der Waals surface area contributed by atoms with E-state index < -0.39 is 0 Å². The van der Waals surface area contributed by atoms with Gasteiger partial charge in [-0.05, 0) is 17.8 Å². The van der Waals surface area contributed by atoms with E-state index in [-0.39, 0.29) is 0 Å². The minimum absolute atomic E-state index is 0.592. The largest absolute Gasteiger partial charge is 0.396 e. The van der Waals surface area contributed by atoms with Crippen molar-refractivity contribution in [2.45, 2.75) is 27.7 Å². The molecule has 0 amide bonds. The highest BCUT2D eigenvalue weighted by Gasteiger charge is 2.17. The predicted octanol–water partition coefficient (Wildman–Crippen LogP) is 2.40. The van der Waals surface area contributed by atoms with Crippen molar-refractivity contribution in [3.8, 4) is 0 Å². The molecule has 0 aliphatic heterocycles. The van der Waals surface area contributed by atoms with Gasteiger partial charge in [0.1, 0.15) is 0 Å². The van der Waals surface area contributed by atoms with Crippen LogP contribution >= 0.6 is 0 Å². The highest BCUT2D eigenvalue weighted by atomic mass is 15.1. The van der Waals surface area contributed by atoms with Crippen LogP contribution in [0.3, 0.4) is 0 Å². The Bertz CT molecular complexity index is 297. The van der Waals surface area contributed by atoms with Gasteiger partial charge >= 0.3 is 0 Å². The third-order valence-corrected chi connectivity index (χ3v) is 2.88. The van der Waals surface area contributed by atoms with Crippen molar-refractivity contribution < 1.29 is 0 Å². The summed E-state index contributed by atoms with van der Waals surface area (Å²) in [5, 5.41) is 3.26. The molecule has 1 rings (SSSR count). The predicted molar refractivity (Wildman–Crippen MR) is 68.1 cm³/mol. The van der Waals surface area contributed by atoms with E-state index in [9.17, 15) is 0 Å². The Labute approximate surface area is 97.7 Å². The summed E-state index contributed by atoms with van der Waals surface area (Å²) in [4.78, 5) is 8.24. The Morgan fingerprint density at radius 2 is 1.62 bits per heavy atom. The van der Waals surface area contributed by atoms with Crippen molar-refractivity contribution in [2.24, 2.45) is 17.8 Å². The molecule has 0 saturated heterocycles. The number of nitrogens with zero attached hydrogens (tertiary/aromatic N) is 2.